The van der Waals surface area contributed by atoms with Gasteiger partial charge in [0.15, 0.2) is 0 Å². The Labute approximate surface area is 196 Å². The van der Waals surface area contributed by atoms with Crippen LogP contribution in [0.15, 0.2) is 91.0 Å². The summed E-state index contributed by atoms with van der Waals surface area (Å²) in [5.74, 6) is 0. The maximum atomic E-state index is 6.44. The number of halogens is 2. The third-order valence-corrected chi connectivity index (χ3v) is 10.8. The summed E-state index contributed by atoms with van der Waals surface area (Å²) in [5.41, 5.74) is 5.02. The molecule has 0 aliphatic carbocycles. The van der Waals surface area contributed by atoms with E-state index in [-0.39, 0.29) is 0 Å². The Balaban J connectivity index is 2.06. The molecule has 0 unspecified atom stereocenters. The summed E-state index contributed by atoms with van der Waals surface area (Å²) in [6.45, 7) is 6.51. The van der Waals surface area contributed by atoms with Gasteiger partial charge in [-0.3, -0.25) is 0 Å². The highest BCUT2D eigenvalue weighted by molar-refractivity contribution is 7.95. The van der Waals surface area contributed by atoms with Crippen molar-refractivity contribution in [3.05, 3.63) is 123 Å². The summed E-state index contributed by atoms with van der Waals surface area (Å²) in [6, 6.07) is 33.1. The van der Waals surface area contributed by atoms with Crippen LogP contribution in [0.1, 0.15) is 22.3 Å². The summed E-state index contributed by atoms with van der Waals surface area (Å²) < 4.78 is 0. The highest BCUT2D eigenvalue weighted by atomic mass is 35.5. The van der Waals surface area contributed by atoms with Crippen LogP contribution >= 0.6 is 30.5 Å². The Bertz CT molecular complexity index is 1120. The van der Waals surface area contributed by atoms with Crippen LogP contribution < -0.4 is 15.9 Å². The van der Waals surface area contributed by atoms with Crippen LogP contribution in [0, 0.1) is 20.8 Å². The molecule has 0 N–H and O–H groups in total. The predicted octanol–water partition coefficient (Wildman–Crippen LogP) is 7.41. The van der Waals surface area contributed by atoms with Crippen molar-refractivity contribution < 1.29 is 0 Å². The van der Waals surface area contributed by atoms with Gasteiger partial charge in [0, 0.05) is 0 Å². The zero-order valence-corrected chi connectivity index (χ0v) is 20.5. The van der Waals surface area contributed by atoms with Crippen molar-refractivity contribution in [1.29, 1.82) is 0 Å². The van der Waals surface area contributed by atoms with Crippen LogP contribution in [-0.2, 0) is 6.16 Å². The van der Waals surface area contributed by atoms with Gasteiger partial charge < -0.3 is 0 Å². The first-order valence-corrected chi connectivity index (χ1v) is 13.2. The van der Waals surface area contributed by atoms with Gasteiger partial charge in [-0.15, -0.1) is 0 Å². The van der Waals surface area contributed by atoms with Gasteiger partial charge in [0.05, 0.1) is 16.2 Å². The number of benzene rings is 4. The first-order valence-electron chi connectivity index (χ1n) is 10.4. The van der Waals surface area contributed by atoms with E-state index >= 15 is 0 Å². The van der Waals surface area contributed by atoms with Gasteiger partial charge in [0.25, 0.3) is 0 Å². The Kier molecular flexibility index (Phi) is 6.54. The monoisotopic (exact) mass is 463 g/mol. The summed E-state index contributed by atoms with van der Waals surface area (Å²) in [7, 11) is -1.99. The first-order chi connectivity index (χ1) is 14.9. The highest BCUT2D eigenvalue weighted by Crippen LogP contribution is 2.58. The lowest BCUT2D eigenvalue weighted by molar-refractivity contribution is 1.38. The van der Waals surface area contributed by atoms with Gasteiger partial charge in [-0.2, -0.15) is 0 Å². The standard InChI is InChI=1S/C28H26Cl2P/c1-20-7-4-10-24(15-20)31(25-11-5-8-21(2)16-25,26-12-6-9-22(3)17-26)19-23-13-14-27(29)28(30)18-23/h4-18H,19H2,1-3H3/q+1. The lowest BCUT2D eigenvalue weighted by atomic mass is 10.2. The summed E-state index contributed by atoms with van der Waals surface area (Å²) in [5, 5.41) is 5.35. The molecular weight excluding hydrogens is 438 g/mol. The zero-order chi connectivity index (χ0) is 22.0. The largest absolute Gasteiger partial charge is 0.116 e. The minimum atomic E-state index is -1.99. The fourth-order valence-electron chi connectivity index (χ4n) is 4.23. The fourth-order valence-corrected chi connectivity index (χ4v) is 9.03. The van der Waals surface area contributed by atoms with E-state index in [0.717, 1.165) is 6.16 Å². The van der Waals surface area contributed by atoms with E-state index in [4.69, 9.17) is 23.2 Å². The van der Waals surface area contributed by atoms with Crippen molar-refractivity contribution in [1.82, 2.24) is 0 Å². The van der Waals surface area contributed by atoms with Crippen molar-refractivity contribution in [2.24, 2.45) is 0 Å². The Hall–Kier alpha value is -2.11. The molecule has 4 aromatic carbocycles. The Morgan fingerprint density at radius 2 is 1.00 bits per heavy atom. The van der Waals surface area contributed by atoms with Crippen molar-refractivity contribution >= 4 is 46.4 Å². The molecule has 0 heterocycles. The van der Waals surface area contributed by atoms with E-state index in [0.29, 0.717) is 10.0 Å². The third kappa shape index (κ3) is 4.58. The van der Waals surface area contributed by atoms with Gasteiger partial charge in [0.1, 0.15) is 23.2 Å². The summed E-state index contributed by atoms with van der Waals surface area (Å²) >= 11 is 12.7. The maximum absolute atomic E-state index is 6.44. The lowest BCUT2D eigenvalue weighted by Gasteiger charge is -2.28. The molecule has 0 saturated heterocycles. The number of hydrogen-bond donors (Lipinski definition) is 0. The van der Waals surface area contributed by atoms with Crippen LogP contribution in [0.2, 0.25) is 10.0 Å². The number of rotatable bonds is 5. The average molecular weight is 464 g/mol. The molecule has 0 fully saturated rings. The topological polar surface area (TPSA) is 0 Å². The van der Waals surface area contributed by atoms with Gasteiger partial charge in [-0.05, 0) is 91.6 Å². The second-order valence-corrected chi connectivity index (χ2v) is 12.5. The molecule has 0 spiro atoms. The van der Waals surface area contributed by atoms with Crippen LogP contribution in [0.4, 0.5) is 0 Å². The van der Waals surface area contributed by atoms with Crippen molar-refractivity contribution in [2.75, 3.05) is 0 Å². The smallest absolute Gasteiger partial charge is 0.0827 e. The zero-order valence-electron chi connectivity index (χ0n) is 18.1. The average Bonchev–Trinajstić information content (AvgIpc) is 2.74. The molecule has 31 heavy (non-hydrogen) atoms. The molecule has 0 nitrogen and oxygen atoms in total. The molecule has 0 aromatic heterocycles. The normalized spacial score (nSPS) is 11.5. The minimum Gasteiger partial charge on any atom is -0.0827 e. The highest BCUT2D eigenvalue weighted by Gasteiger charge is 2.45. The van der Waals surface area contributed by atoms with Crippen LogP contribution in [0.25, 0.3) is 0 Å². The second-order valence-electron chi connectivity index (χ2n) is 8.23. The molecule has 0 aliphatic heterocycles. The lowest BCUT2D eigenvalue weighted by Crippen LogP contribution is -2.33. The molecule has 3 heteroatoms. The quantitative estimate of drug-likeness (QED) is 0.270. The van der Waals surface area contributed by atoms with E-state index in [1.54, 1.807) is 0 Å². The molecule has 0 radical (unpaired) electrons. The molecule has 4 aromatic rings. The van der Waals surface area contributed by atoms with Crippen molar-refractivity contribution in [3.8, 4) is 0 Å². The van der Waals surface area contributed by atoms with Gasteiger partial charge in [0.2, 0.25) is 0 Å². The van der Waals surface area contributed by atoms with E-state index in [1.807, 2.05) is 12.1 Å². The fraction of sp³-hybridized carbons (Fsp3) is 0.143. The van der Waals surface area contributed by atoms with Crippen LogP contribution in [0.3, 0.4) is 0 Å². The van der Waals surface area contributed by atoms with E-state index in [9.17, 15) is 0 Å². The van der Waals surface area contributed by atoms with Crippen LogP contribution in [-0.4, -0.2) is 0 Å². The Morgan fingerprint density at radius 1 is 0.548 bits per heavy atom. The predicted molar refractivity (Wildman–Crippen MR) is 140 cm³/mol. The minimum absolute atomic E-state index is 0.594. The molecule has 0 amide bonds. The van der Waals surface area contributed by atoms with E-state index in [1.165, 1.54) is 38.2 Å². The molecule has 0 aliphatic rings. The molecule has 4 rings (SSSR count). The molecule has 0 saturated carbocycles. The third-order valence-electron chi connectivity index (χ3n) is 5.73. The van der Waals surface area contributed by atoms with Gasteiger partial charge >= 0.3 is 0 Å². The van der Waals surface area contributed by atoms with E-state index < -0.39 is 7.26 Å². The maximum Gasteiger partial charge on any atom is 0.116 e. The van der Waals surface area contributed by atoms with Gasteiger partial charge in [-0.1, -0.05) is 65.7 Å². The van der Waals surface area contributed by atoms with E-state index in [2.05, 4.69) is 99.6 Å². The molecule has 156 valence electrons. The first kappa shape index (κ1) is 22.1. The molecule has 0 bridgehead atoms. The molecule has 0 atom stereocenters. The van der Waals surface area contributed by atoms with Crippen molar-refractivity contribution in [2.45, 2.75) is 26.9 Å². The molecular formula is C28H26Cl2P+. The number of hydrogen-bond acceptors (Lipinski definition) is 0. The van der Waals surface area contributed by atoms with Crippen LogP contribution in [0.5, 0.6) is 0 Å². The Morgan fingerprint density at radius 3 is 1.39 bits per heavy atom. The SMILES string of the molecule is Cc1cccc([P+](Cc2ccc(Cl)c(Cl)c2)(c2cccc(C)c2)c2cccc(C)c2)c1. The van der Waals surface area contributed by atoms with Gasteiger partial charge in [-0.25, -0.2) is 0 Å². The summed E-state index contributed by atoms with van der Waals surface area (Å²) in [4.78, 5) is 0. The van der Waals surface area contributed by atoms with Crippen molar-refractivity contribution in [3.63, 3.8) is 0 Å². The number of aryl methyl sites for hydroxylation is 3. The summed E-state index contributed by atoms with van der Waals surface area (Å²) in [6.07, 6.45) is 0.889. The second kappa shape index (κ2) is 9.17.